The molecule has 0 fully saturated rings. The lowest BCUT2D eigenvalue weighted by atomic mass is 10.1. The number of anilines is 1. The summed E-state index contributed by atoms with van der Waals surface area (Å²) in [4.78, 5) is 24.6. The van der Waals surface area contributed by atoms with Crippen LogP contribution >= 0.6 is 11.3 Å². The van der Waals surface area contributed by atoms with Gasteiger partial charge in [0, 0.05) is 22.7 Å². The Morgan fingerprint density at radius 3 is 3.05 bits per heavy atom. The van der Waals surface area contributed by atoms with E-state index in [4.69, 9.17) is 0 Å². The number of rotatable bonds is 4. The van der Waals surface area contributed by atoms with Crippen LogP contribution in [-0.4, -0.2) is 18.4 Å². The van der Waals surface area contributed by atoms with Crippen LogP contribution in [0.4, 0.5) is 5.69 Å². The molecule has 2 N–H and O–H groups in total. The number of thiophene rings is 1. The summed E-state index contributed by atoms with van der Waals surface area (Å²) in [6.45, 7) is 0.619. The second kappa shape index (κ2) is 5.46. The number of benzene rings is 1. The molecule has 2 heterocycles. The maximum absolute atomic E-state index is 12.0. The molecule has 102 valence electrons. The normalized spacial score (nSPS) is 12.9. The first-order valence-electron chi connectivity index (χ1n) is 6.46. The molecule has 1 aromatic heterocycles. The lowest BCUT2D eigenvalue weighted by molar-refractivity contribution is -0.115. The van der Waals surface area contributed by atoms with Crippen molar-refractivity contribution in [1.29, 1.82) is 0 Å². The maximum Gasteiger partial charge on any atom is 0.251 e. The first kappa shape index (κ1) is 12.9. The fourth-order valence-corrected chi connectivity index (χ4v) is 2.94. The molecule has 0 saturated carbocycles. The number of carbonyl (C=O) groups is 2. The highest BCUT2D eigenvalue weighted by molar-refractivity contribution is 7.09. The fraction of sp³-hybridized carbons (Fsp3) is 0.200. The van der Waals surface area contributed by atoms with Crippen LogP contribution in [0.1, 0.15) is 20.8 Å². The maximum atomic E-state index is 12.0. The van der Waals surface area contributed by atoms with Gasteiger partial charge in [-0.1, -0.05) is 6.07 Å². The third kappa shape index (κ3) is 2.72. The van der Waals surface area contributed by atoms with Crippen molar-refractivity contribution in [2.75, 3.05) is 11.9 Å². The smallest absolute Gasteiger partial charge is 0.251 e. The summed E-state index contributed by atoms with van der Waals surface area (Å²) in [6, 6.07) is 9.38. The number of carbonyl (C=O) groups excluding carboxylic acids is 2. The summed E-state index contributed by atoms with van der Waals surface area (Å²) < 4.78 is 0. The highest BCUT2D eigenvalue weighted by Gasteiger charge is 2.18. The summed E-state index contributed by atoms with van der Waals surface area (Å²) >= 11 is 1.69. The standard InChI is InChI=1S/C15H14N2O2S/c18-14-9-11-8-10(3-4-13(11)17-14)15(19)16-6-5-12-2-1-7-20-12/h1-4,7-8H,5-6,9H2,(H,16,19)(H,17,18). The first-order chi connectivity index (χ1) is 9.72. The van der Waals surface area contributed by atoms with Gasteiger partial charge in [-0.15, -0.1) is 11.3 Å². The second-order valence-corrected chi connectivity index (χ2v) is 5.71. The van der Waals surface area contributed by atoms with Gasteiger partial charge >= 0.3 is 0 Å². The van der Waals surface area contributed by atoms with Crippen molar-refractivity contribution in [1.82, 2.24) is 5.32 Å². The average Bonchev–Trinajstić information content (AvgIpc) is 3.05. The van der Waals surface area contributed by atoms with Gasteiger partial charge < -0.3 is 10.6 Å². The largest absolute Gasteiger partial charge is 0.352 e. The molecule has 0 saturated heterocycles. The van der Waals surface area contributed by atoms with E-state index in [1.165, 1.54) is 4.88 Å². The Morgan fingerprint density at radius 1 is 1.35 bits per heavy atom. The zero-order valence-corrected chi connectivity index (χ0v) is 11.6. The van der Waals surface area contributed by atoms with Crippen LogP contribution in [0, 0.1) is 0 Å². The van der Waals surface area contributed by atoms with Crippen LogP contribution in [0.2, 0.25) is 0 Å². The Balaban J connectivity index is 1.60. The molecule has 1 aliphatic rings. The quantitative estimate of drug-likeness (QED) is 0.905. The third-order valence-corrected chi connectivity index (χ3v) is 4.17. The molecular formula is C15H14N2O2S. The van der Waals surface area contributed by atoms with E-state index in [0.29, 0.717) is 18.5 Å². The highest BCUT2D eigenvalue weighted by atomic mass is 32.1. The van der Waals surface area contributed by atoms with Gasteiger partial charge in [-0.2, -0.15) is 0 Å². The predicted molar refractivity (Wildman–Crippen MR) is 79.1 cm³/mol. The van der Waals surface area contributed by atoms with E-state index in [1.807, 2.05) is 11.4 Å². The van der Waals surface area contributed by atoms with Crippen molar-refractivity contribution in [2.45, 2.75) is 12.8 Å². The highest BCUT2D eigenvalue weighted by Crippen LogP contribution is 2.23. The van der Waals surface area contributed by atoms with Crippen molar-refractivity contribution < 1.29 is 9.59 Å². The monoisotopic (exact) mass is 286 g/mol. The Morgan fingerprint density at radius 2 is 2.25 bits per heavy atom. The molecule has 0 atom stereocenters. The fourth-order valence-electron chi connectivity index (χ4n) is 2.23. The number of amides is 2. The summed E-state index contributed by atoms with van der Waals surface area (Å²) in [5.41, 5.74) is 2.30. The van der Waals surface area contributed by atoms with E-state index in [9.17, 15) is 9.59 Å². The van der Waals surface area contributed by atoms with E-state index < -0.39 is 0 Å². The molecule has 0 aliphatic carbocycles. The van der Waals surface area contributed by atoms with Crippen molar-refractivity contribution in [3.63, 3.8) is 0 Å². The van der Waals surface area contributed by atoms with Gasteiger partial charge in [0.1, 0.15) is 0 Å². The van der Waals surface area contributed by atoms with E-state index in [-0.39, 0.29) is 11.8 Å². The molecule has 5 heteroatoms. The third-order valence-electron chi connectivity index (χ3n) is 3.23. The molecule has 1 aliphatic heterocycles. The Labute approximate surface area is 120 Å². The van der Waals surface area contributed by atoms with Crippen molar-refractivity contribution in [3.8, 4) is 0 Å². The number of hydrogen-bond donors (Lipinski definition) is 2. The molecule has 0 radical (unpaired) electrons. The lowest BCUT2D eigenvalue weighted by Gasteiger charge is -2.06. The molecular weight excluding hydrogens is 272 g/mol. The molecule has 0 unspecified atom stereocenters. The van der Waals surface area contributed by atoms with Gasteiger partial charge in [-0.3, -0.25) is 9.59 Å². The van der Waals surface area contributed by atoms with Crippen LogP contribution in [0.25, 0.3) is 0 Å². The van der Waals surface area contributed by atoms with E-state index in [0.717, 1.165) is 17.7 Å². The molecule has 2 amide bonds. The minimum absolute atomic E-state index is 0.0183. The number of hydrogen-bond acceptors (Lipinski definition) is 3. The molecule has 2 aromatic rings. The average molecular weight is 286 g/mol. The molecule has 4 nitrogen and oxygen atoms in total. The van der Waals surface area contributed by atoms with Gasteiger partial charge in [0.15, 0.2) is 0 Å². The predicted octanol–water partition coefficient (Wildman–Crippen LogP) is 2.22. The summed E-state index contributed by atoms with van der Waals surface area (Å²) in [5.74, 6) is -0.112. The van der Waals surface area contributed by atoms with Gasteiger partial charge in [0.2, 0.25) is 5.91 Å². The number of fused-ring (bicyclic) bond motifs is 1. The second-order valence-electron chi connectivity index (χ2n) is 4.68. The molecule has 0 bridgehead atoms. The van der Waals surface area contributed by atoms with Gasteiger partial charge in [-0.25, -0.2) is 0 Å². The zero-order valence-electron chi connectivity index (χ0n) is 10.8. The Bertz CT molecular complexity index is 650. The van der Waals surface area contributed by atoms with Crippen molar-refractivity contribution in [2.24, 2.45) is 0 Å². The van der Waals surface area contributed by atoms with Crippen LogP contribution in [0.5, 0.6) is 0 Å². The minimum Gasteiger partial charge on any atom is -0.352 e. The van der Waals surface area contributed by atoms with Crippen molar-refractivity contribution in [3.05, 3.63) is 51.7 Å². The Hall–Kier alpha value is -2.14. The van der Waals surface area contributed by atoms with E-state index in [2.05, 4.69) is 16.7 Å². The molecule has 20 heavy (non-hydrogen) atoms. The van der Waals surface area contributed by atoms with E-state index >= 15 is 0 Å². The molecule has 3 rings (SSSR count). The SMILES string of the molecule is O=C1Cc2cc(C(=O)NCCc3cccs3)ccc2N1. The van der Waals surface area contributed by atoms with E-state index in [1.54, 1.807) is 29.5 Å². The topological polar surface area (TPSA) is 58.2 Å². The summed E-state index contributed by atoms with van der Waals surface area (Å²) in [5, 5.41) is 7.69. The summed E-state index contributed by atoms with van der Waals surface area (Å²) in [6.07, 6.45) is 1.19. The number of nitrogens with one attached hydrogen (secondary N) is 2. The van der Waals surface area contributed by atoms with Crippen molar-refractivity contribution >= 4 is 28.8 Å². The van der Waals surface area contributed by atoms with Gasteiger partial charge in [0.05, 0.1) is 6.42 Å². The van der Waals surface area contributed by atoms with Crippen LogP contribution in [0.15, 0.2) is 35.7 Å². The van der Waals surface area contributed by atoms with Crippen LogP contribution < -0.4 is 10.6 Å². The van der Waals surface area contributed by atoms with Crippen LogP contribution in [0.3, 0.4) is 0 Å². The lowest BCUT2D eigenvalue weighted by Crippen LogP contribution is -2.25. The Kier molecular flexibility index (Phi) is 3.52. The molecule has 1 aromatic carbocycles. The van der Waals surface area contributed by atoms with Gasteiger partial charge in [-0.05, 0) is 41.6 Å². The molecule has 0 spiro atoms. The first-order valence-corrected chi connectivity index (χ1v) is 7.34. The van der Waals surface area contributed by atoms with Gasteiger partial charge in [0.25, 0.3) is 5.91 Å². The summed E-state index contributed by atoms with van der Waals surface area (Å²) in [7, 11) is 0. The zero-order chi connectivity index (χ0) is 13.9. The van der Waals surface area contributed by atoms with Crippen LogP contribution in [-0.2, 0) is 17.6 Å². The minimum atomic E-state index is -0.0938.